The molecular weight excluding hydrogens is 362 g/mol. The van der Waals surface area contributed by atoms with Crippen LogP contribution in [0.4, 0.5) is 5.69 Å². The van der Waals surface area contributed by atoms with Crippen LogP contribution in [0.3, 0.4) is 0 Å². The van der Waals surface area contributed by atoms with E-state index in [1.54, 1.807) is 12.1 Å². The number of hydrogen-bond acceptors (Lipinski definition) is 6. The lowest BCUT2D eigenvalue weighted by Crippen LogP contribution is -1.94. The molecular formula is C20H15N3O3S. The average molecular weight is 377 g/mol. The average Bonchev–Trinajstić information content (AvgIpc) is 3.16. The van der Waals surface area contributed by atoms with E-state index in [0.717, 1.165) is 16.8 Å². The lowest BCUT2D eigenvalue weighted by atomic mass is 10.1. The highest BCUT2D eigenvalue weighted by molar-refractivity contribution is 7.11. The van der Waals surface area contributed by atoms with Gasteiger partial charge in [-0.3, -0.25) is 10.1 Å². The van der Waals surface area contributed by atoms with Crippen LogP contribution in [0.15, 0.2) is 47.8 Å². The molecule has 0 spiro atoms. The molecule has 134 valence electrons. The molecule has 3 aromatic rings. The molecule has 2 aromatic carbocycles. The van der Waals surface area contributed by atoms with Crippen molar-refractivity contribution in [1.82, 2.24) is 4.98 Å². The van der Waals surface area contributed by atoms with Crippen LogP contribution in [-0.2, 0) is 0 Å². The normalized spacial score (nSPS) is 11.1. The predicted octanol–water partition coefficient (Wildman–Crippen LogP) is 5.10. The zero-order valence-corrected chi connectivity index (χ0v) is 15.5. The van der Waals surface area contributed by atoms with E-state index in [0.29, 0.717) is 16.1 Å². The van der Waals surface area contributed by atoms with Crippen molar-refractivity contribution in [2.24, 2.45) is 0 Å². The van der Waals surface area contributed by atoms with Crippen molar-refractivity contribution in [3.63, 3.8) is 0 Å². The quantitative estimate of drug-likeness (QED) is 0.351. The van der Waals surface area contributed by atoms with E-state index in [1.165, 1.54) is 30.6 Å². The molecule has 0 atom stereocenters. The molecule has 0 saturated carbocycles. The molecule has 0 radical (unpaired) electrons. The van der Waals surface area contributed by atoms with Crippen LogP contribution < -0.4 is 4.74 Å². The van der Waals surface area contributed by atoms with Gasteiger partial charge in [0.25, 0.3) is 0 Å². The summed E-state index contributed by atoms with van der Waals surface area (Å²) in [7, 11) is 1.38. The van der Waals surface area contributed by atoms with E-state index < -0.39 is 4.92 Å². The number of thiazole rings is 1. The summed E-state index contributed by atoms with van der Waals surface area (Å²) in [5.74, 6) is 0.173. The monoisotopic (exact) mass is 377 g/mol. The molecule has 7 heteroatoms. The Morgan fingerprint density at radius 2 is 2.04 bits per heavy atom. The van der Waals surface area contributed by atoms with Crippen LogP contribution in [0.2, 0.25) is 0 Å². The lowest BCUT2D eigenvalue weighted by Gasteiger charge is -2.02. The first-order chi connectivity index (χ1) is 13.0. The highest BCUT2D eigenvalue weighted by atomic mass is 32.1. The number of rotatable bonds is 5. The summed E-state index contributed by atoms with van der Waals surface area (Å²) >= 11 is 1.36. The summed E-state index contributed by atoms with van der Waals surface area (Å²) in [6.07, 6.45) is 1.59. The Balaban J connectivity index is 1.96. The minimum Gasteiger partial charge on any atom is -0.490 e. The third-order valence-electron chi connectivity index (χ3n) is 3.91. The smallest absolute Gasteiger partial charge is 0.311 e. The first-order valence-corrected chi connectivity index (χ1v) is 8.87. The molecule has 0 fully saturated rings. The number of hydrogen-bond donors (Lipinski definition) is 0. The maximum absolute atomic E-state index is 11.2. The van der Waals surface area contributed by atoms with E-state index >= 15 is 0 Å². The van der Waals surface area contributed by atoms with Gasteiger partial charge in [-0.2, -0.15) is 5.26 Å². The molecule has 0 saturated heterocycles. The van der Waals surface area contributed by atoms with Crippen molar-refractivity contribution in [3.05, 3.63) is 74.1 Å². The van der Waals surface area contributed by atoms with Crippen molar-refractivity contribution in [1.29, 1.82) is 5.26 Å². The number of benzene rings is 2. The highest BCUT2D eigenvalue weighted by Gasteiger charge is 2.15. The van der Waals surface area contributed by atoms with Crippen molar-refractivity contribution in [2.75, 3.05) is 7.11 Å². The number of nitro benzene ring substituents is 1. The lowest BCUT2D eigenvalue weighted by molar-refractivity contribution is -0.385. The molecule has 0 aliphatic carbocycles. The number of nitro groups is 1. The predicted molar refractivity (Wildman–Crippen MR) is 105 cm³/mol. The van der Waals surface area contributed by atoms with Gasteiger partial charge in [0, 0.05) is 17.0 Å². The van der Waals surface area contributed by atoms with Gasteiger partial charge in [-0.25, -0.2) is 4.98 Å². The highest BCUT2D eigenvalue weighted by Crippen LogP contribution is 2.31. The number of nitriles is 1. The van der Waals surface area contributed by atoms with Crippen molar-refractivity contribution >= 4 is 28.7 Å². The van der Waals surface area contributed by atoms with Gasteiger partial charge in [0.1, 0.15) is 11.1 Å². The van der Waals surface area contributed by atoms with Gasteiger partial charge in [0.2, 0.25) is 0 Å². The van der Waals surface area contributed by atoms with Gasteiger partial charge in [0.15, 0.2) is 5.75 Å². The molecule has 0 bridgehead atoms. The van der Waals surface area contributed by atoms with Crippen LogP contribution in [0.25, 0.3) is 22.9 Å². The van der Waals surface area contributed by atoms with Crippen LogP contribution in [0.5, 0.6) is 5.75 Å². The zero-order chi connectivity index (χ0) is 19.4. The molecule has 6 nitrogen and oxygen atoms in total. The maximum atomic E-state index is 11.2. The fourth-order valence-corrected chi connectivity index (χ4v) is 3.30. The van der Waals surface area contributed by atoms with Gasteiger partial charge in [-0.05, 0) is 24.6 Å². The Morgan fingerprint density at radius 3 is 2.67 bits per heavy atom. The summed E-state index contributed by atoms with van der Waals surface area (Å²) in [6, 6.07) is 14.7. The minimum atomic E-state index is -0.513. The second-order valence-electron chi connectivity index (χ2n) is 5.76. The second kappa shape index (κ2) is 7.81. The van der Waals surface area contributed by atoms with E-state index in [4.69, 9.17) is 4.74 Å². The molecule has 0 aliphatic heterocycles. The Hall–Kier alpha value is -3.50. The maximum Gasteiger partial charge on any atom is 0.311 e. The van der Waals surface area contributed by atoms with Gasteiger partial charge < -0.3 is 4.74 Å². The number of aryl methyl sites for hydroxylation is 1. The first kappa shape index (κ1) is 18.3. The van der Waals surface area contributed by atoms with Crippen molar-refractivity contribution in [2.45, 2.75) is 6.92 Å². The summed E-state index contributed by atoms with van der Waals surface area (Å²) in [4.78, 5) is 15.2. The SMILES string of the molecule is COc1ccc(C=C(C#N)c2nc(-c3ccc(C)cc3)cs2)cc1[N+](=O)[O-]. The molecule has 1 heterocycles. The summed E-state index contributed by atoms with van der Waals surface area (Å²) < 4.78 is 5.00. The summed E-state index contributed by atoms with van der Waals surface area (Å²) in [5, 5.41) is 23.2. The zero-order valence-electron chi connectivity index (χ0n) is 14.7. The Labute approximate surface area is 160 Å². The van der Waals surface area contributed by atoms with Gasteiger partial charge in [-0.1, -0.05) is 35.9 Å². The van der Waals surface area contributed by atoms with Crippen molar-refractivity contribution in [3.8, 4) is 23.1 Å². The summed E-state index contributed by atoms with van der Waals surface area (Å²) in [5.41, 5.74) is 3.65. The molecule has 0 N–H and O–H groups in total. The van der Waals surface area contributed by atoms with E-state index in [-0.39, 0.29) is 11.4 Å². The number of nitrogens with zero attached hydrogens (tertiary/aromatic N) is 3. The number of aromatic nitrogens is 1. The largest absolute Gasteiger partial charge is 0.490 e. The fourth-order valence-electron chi connectivity index (χ4n) is 2.50. The summed E-state index contributed by atoms with van der Waals surface area (Å²) in [6.45, 7) is 2.01. The van der Waals surface area contributed by atoms with Crippen LogP contribution in [0, 0.1) is 28.4 Å². The first-order valence-electron chi connectivity index (χ1n) is 7.99. The standard InChI is InChI=1S/C20H15N3O3S/c1-13-3-6-15(7-4-13)17-12-27-20(22-17)16(11-21)9-14-5-8-19(26-2)18(10-14)23(24)25/h3-10,12H,1-2H3. The molecule has 1 aromatic heterocycles. The minimum absolute atomic E-state index is 0.150. The van der Waals surface area contributed by atoms with Gasteiger partial charge in [-0.15, -0.1) is 11.3 Å². The third kappa shape index (κ3) is 4.02. The number of ether oxygens (including phenoxy) is 1. The molecule has 27 heavy (non-hydrogen) atoms. The Kier molecular flexibility index (Phi) is 5.29. The molecule has 0 amide bonds. The van der Waals surface area contributed by atoms with Crippen molar-refractivity contribution < 1.29 is 9.66 Å². The van der Waals surface area contributed by atoms with E-state index in [2.05, 4.69) is 11.1 Å². The van der Waals surface area contributed by atoms with E-state index in [1.807, 2.05) is 36.6 Å². The van der Waals surface area contributed by atoms with Crippen LogP contribution in [0.1, 0.15) is 16.1 Å². The fraction of sp³-hybridized carbons (Fsp3) is 0.100. The van der Waals surface area contributed by atoms with Crippen LogP contribution in [-0.4, -0.2) is 17.0 Å². The second-order valence-corrected chi connectivity index (χ2v) is 6.62. The molecule has 0 aliphatic rings. The third-order valence-corrected chi connectivity index (χ3v) is 4.79. The molecule has 0 unspecified atom stereocenters. The number of methoxy groups -OCH3 is 1. The van der Waals surface area contributed by atoms with E-state index in [9.17, 15) is 15.4 Å². The van der Waals surface area contributed by atoms with Crippen LogP contribution >= 0.6 is 11.3 Å². The Morgan fingerprint density at radius 1 is 1.30 bits per heavy atom. The van der Waals surface area contributed by atoms with Gasteiger partial charge >= 0.3 is 5.69 Å². The Bertz CT molecular complexity index is 1060. The van der Waals surface area contributed by atoms with Gasteiger partial charge in [0.05, 0.1) is 23.3 Å². The number of allylic oxidation sites excluding steroid dienone is 1. The molecule has 3 rings (SSSR count). The topological polar surface area (TPSA) is 89.0 Å².